The molecule has 1 N–H and O–H groups in total. The topological polar surface area (TPSA) is 51.2 Å². The van der Waals surface area contributed by atoms with E-state index in [0.717, 1.165) is 0 Å². The number of hydrogen-bond donors (Lipinski definition) is 1. The van der Waals surface area contributed by atoms with Crippen LogP contribution in [0.25, 0.3) is 0 Å². The second-order valence-corrected chi connectivity index (χ2v) is 5.00. The van der Waals surface area contributed by atoms with Crippen LogP contribution in [0.5, 0.6) is 5.75 Å². The number of ether oxygens (including phenoxy) is 1. The first-order valence-corrected chi connectivity index (χ1v) is 6.83. The summed E-state index contributed by atoms with van der Waals surface area (Å²) in [6.45, 7) is 0. The summed E-state index contributed by atoms with van der Waals surface area (Å²) < 4.78 is 42.7. The molecule has 0 saturated carbocycles. The van der Waals surface area contributed by atoms with Gasteiger partial charge in [-0.25, -0.2) is 4.98 Å². The average Bonchev–Trinajstić information content (AvgIpc) is 2.48. The molecule has 1 aromatic carbocycles. The molecule has 0 aliphatic rings. The molecule has 0 spiro atoms. The number of alkyl halides is 3. The minimum atomic E-state index is -4.55. The number of pyridine rings is 1. The van der Waals surface area contributed by atoms with Crippen molar-refractivity contribution in [1.82, 2.24) is 4.98 Å². The lowest BCUT2D eigenvalue weighted by molar-refractivity contribution is -0.137. The summed E-state index contributed by atoms with van der Waals surface area (Å²) in [4.78, 5) is 15.6. The van der Waals surface area contributed by atoms with Crippen LogP contribution >= 0.6 is 11.6 Å². The molecular weight excluding hydrogens is 333 g/mol. The first kappa shape index (κ1) is 17.1. The van der Waals surface area contributed by atoms with Gasteiger partial charge in [-0.3, -0.25) is 4.79 Å². The van der Waals surface area contributed by atoms with Crippen LogP contribution in [0.15, 0.2) is 36.5 Å². The second kappa shape index (κ2) is 6.87. The van der Waals surface area contributed by atoms with Crippen molar-refractivity contribution in [2.45, 2.75) is 12.6 Å². The number of nitrogens with zero attached hydrogens (tertiary/aromatic N) is 1. The van der Waals surface area contributed by atoms with Gasteiger partial charge in [-0.05, 0) is 12.1 Å². The zero-order valence-corrected chi connectivity index (χ0v) is 12.7. The summed E-state index contributed by atoms with van der Waals surface area (Å²) in [5.74, 6) is -0.0580. The Hall–Kier alpha value is -2.28. The number of para-hydroxylation sites is 1. The molecule has 0 fully saturated rings. The van der Waals surface area contributed by atoms with Crippen LogP contribution in [0.3, 0.4) is 0 Å². The smallest absolute Gasteiger partial charge is 0.417 e. The molecule has 1 heterocycles. The fourth-order valence-corrected chi connectivity index (χ4v) is 2.10. The van der Waals surface area contributed by atoms with E-state index in [1.807, 2.05) is 0 Å². The van der Waals surface area contributed by atoms with E-state index >= 15 is 0 Å². The maximum atomic E-state index is 12.5. The molecule has 0 bridgehead atoms. The summed E-state index contributed by atoms with van der Waals surface area (Å²) >= 11 is 5.74. The minimum absolute atomic E-state index is 0.0248. The van der Waals surface area contributed by atoms with Gasteiger partial charge in [0.15, 0.2) is 5.82 Å². The number of nitrogens with one attached hydrogen (secondary N) is 1. The maximum absolute atomic E-state index is 12.5. The SMILES string of the molecule is COc1ccccc1CC(=O)Nc1ncc(C(F)(F)F)cc1Cl. The van der Waals surface area contributed by atoms with E-state index in [9.17, 15) is 18.0 Å². The zero-order valence-electron chi connectivity index (χ0n) is 11.9. The molecule has 1 amide bonds. The van der Waals surface area contributed by atoms with Gasteiger partial charge in [-0.1, -0.05) is 29.8 Å². The van der Waals surface area contributed by atoms with Gasteiger partial charge in [0.2, 0.25) is 5.91 Å². The van der Waals surface area contributed by atoms with Gasteiger partial charge in [0.1, 0.15) is 5.75 Å². The largest absolute Gasteiger partial charge is 0.496 e. The van der Waals surface area contributed by atoms with Crippen molar-refractivity contribution in [3.63, 3.8) is 0 Å². The Kier molecular flexibility index (Phi) is 5.10. The molecule has 1 aromatic heterocycles. The Morgan fingerprint density at radius 1 is 1.35 bits per heavy atom. The van der Waals surface area contributed by atoms with E-state index in [-0.39, 0.29) is 17.3 Å². The quantitative estimate of drug-likeness (QED) is 0.914. The monoisotopic (exact) mass is 344 g/mol. The molecule has 23 heavy (non-hydrogen) atoms. The highest BCUT2D eigenvalue weighted by Crippen LogP contribution is 2.32. The highest BCUT2D eigenvalue weighted by Gasteiger charge is 2.31. The molecule has 0 aliphatic carbocycles. The molecule has 0 aliphatic heterocycles. The molecule has 2 rings (SSSR count). The van der Waals surface area contributed by atoms with Gasteiger partial charge in [0.05, 0.1) is 24.1 Å². The Bertz CT molecular complexity index is 720. The van der Waals surface area contributed by atoms with Crippen LogP contribution < -0.4 is 10.1 Å². The number of hydrogen-bond acceptors (Lipinski definition) is 3. The number of benzene rings is 1. The van der Waals surface area contributed by atoms with Crippen LogP contribution in [-0.2, 0) is 17.4 Å². The molecule has 4 nitrogen and oxygen atoms in total. The number of methoxy groups -OCH3 is 1. The van der Waals surface area contributed by atoms with Gasteiger partial charge in [0.25, 0.3) is 0 Å². The van der Waals surface area contributed by atoms with Gasteiger partial charge in [-0.15, -0.1) is 0 Å². The fourth-order valence-electron chi connectivity index (χ4n) is 1.88. The van der Waals surface area contributed by atoms with E-state index in [4.69, 9.17) is 16.3 Å². The van der Waals surface area contributed by atoms with Crippen molar-refractivity contribution < 1.29 is 22.7 Å². The van der Waals surface area contributed by atoms with Crippen molar-refractivity contribution in [2.24, 2.45) is 0 Å². The third-order valence-electron chi connectivity index (χ3n) is 2.97. The number of amides is 1. The standard InChI is InChI=1S/C15H12ClF3N2O2/c1-23-12-5-3-2-4-9(12)6-13(22)21-14-11(16)7-10(8-20-14)15(17,18)19/h2-5,7-8H,6H2,1H3,(H,20,21,22). The predicted molar refractivity (Wildman–Crippen MR) is 79.6 cm³/mol. The number of carbonyl (C=O) groups is 1. The van der Waals surface area contributed by atoms with Crippen LogP contribution in [0, 0.1) is 0 Å². The Morgan fingerprint density at radius 3 is 2.65 bits per heavy atom. The minimum Gasteiger partial charge on any atom is -0.496 e. The third-order valence-corrected chi connectivity index (χ3v) is 3.26. The molecule has 122 valence electrons. The first-order valence-electron chi connectivity index (χ1n) is 6.45. The number of aromatic nitrogens is 1. The van der Waals surface area contributed by atoms with Crippen molar-refractivity contribution in [3.05, 3.63) is 52.7 Å². The summed E-state index contributed by atoms with van der Waals surface area (Å²) in [6.07, 6.45) is -3.95. The molecular formula is C15H12ClF3N2O2. The lowest BCUT2D eigenvalue weighted by atomic mass is 10.1. The van der Waals surface area contributed by atoms with Crippen molar-refractivity contribution in [1.29, 1.82) is 0 Å². The number of anilines is 1. The molecule has 0 unspecified atom stereocenters. The van der Waals surface area contributed by atoms with Gasteiger partial charge in [0, 0.05) is 11.8 Å². The first-order chi connectivity index (χ1) is 10.8. The van der Waals surface area contributed by atoms with Gasteiger partial charge in [-0.2, -0.15) is 13.2 Å². The van der Waals surface area contributed by atoms with E-state index in [0.29, 0.717) is 23.6 Å². The van der Waals surface area contributed by atoms with E-state index < -0.39 is 17.6 Å². The second-order valence-electron chi connectivity index (χ2n) is 4.59. The normalized spacial score (nSPS) is 11.2. The molecule has 0 atom stereocenters. The lowest BCUT2D eigenvalue weighted by Crippen LogP contribution is -2.16. The molecule has 0 radical (unpaired) electrons. The zero-order chi connectivity index (χ0) is 17.0. The van der Waals surface area contributed by atoms with Crippen LogP contribution in [0.4, 0.5) is 19.0 Å². The highest BCUT2D eigenvalue weighted by molar-refractivity contribution is 6.33. The van der Waals surface area contributed by atoms with Crippen LogP contribution in [-0.4, -0.2) is 18.0 Å². The van der Waals surface area contributed by atoms with E-state index in [2.05, 4.69) is 10.3 Å². The summed E-state index contributed by atoms with van der Waals surface area (Å²) in [7, 11) is 1.48. The summed E-state index contributed by atoms with van der Waals surface area (Å²) in [6, 6.07) is 7.63. The Labute approximate surface area is 135 Å². The van der Waals surface area contributed by atoms with Crippen molar-refractivity contribution in [2.75, 3.05) is 12.4 Å². The highest BCUT2D eigenvalue weighted by atomic mass is 35.5. The number of halogens is 4. The summed E-state index contributed by atoms with van der Waals surface area (Å²) in [5, 5.41) is 2.10. The lowest BCUT2D eigenvalue weighted by Gasteiger charge is -2.11. The van der Waals surface area contributed by atoms with Crippen LogP contribution in [0.2, 0.25) is 5.02 Å². The van der Waals surface area contributed by atoms with E-state index in [1.54, 1.807) is 24.3 Å². The third kappa shape index (κ3) is 4.35. The molecule has 8 heteroatoms. The maximum Gasteiger partial charge on any atom is 0.417 e. The van der Waals surface area contributed by atoms with E-state index in [1.165, 1.54) is 7.11 Å². The summed E-state index contributed by atoms with van der Waals surface area (Å²) in [5.41, 5.74) is -0.347. The van der Waals surface area contributed by atoms with Gasteiger partial charge >= 0.3 is 6.18 Å². The average molecular weight is 345 g/mol. The van der Waals surface area contributed by atoms with Crippen molar-refractivity contribution >= 4 is 23.3 Å². The Morgan fingerprint density at radius 2 is 2.04 bits per heavy atom. The van der Waals surface area contributed by atoms with Crippen molar-refractivity contribution in [3.8, 4) is 5.75 Å². The predicted octanol–water partition coefficient (Wildman–Crippen LogP) is 3.94. The molecule has 0 saturated heterocycles. The van der Waals surface area contributed by atoms with Gasteiger partial charge < -0.3 is 10.1 Å². The number of rotatable bonds is 4. The molecule has 2 aromatic rings. The fraction of sp³-hybridized carbons (Fsp3) is 0.200. The Balaban J connectivity index is 2.12. The number of carbonyl (C=O) groups excluding carboxylic acids is 1. The van der Waals surface area contributed by atoms with Crippen LogP contribution in [0.1, 0.15) is 11.1 Å².